The molecule has 1 fully saturated rings. The van der Waals surface area contributed by atoms with E-state index in [4.69, 9.17) is 0 Å². The number of nitrogens with one attached hydrogen (secondary N) is 1. The maximum absolute atomic E-state index is 4.32. The molecule has 16 heavy (non-hydrogen) atoms. The largest absolute Gasteiger partial charge is 0.350 e. The topological polar surface area (TPSA) is 41.0 Å². The predicted octanol–water partition coefficient (Wildman–Crippen LogP) is 1.40. The van der Waals surface area contributed by atoms with E-state index in [0.717, 1.165) is 31.1 Å². The number of anilines is 1. The normalized spacial score (nSPS) is 21.5. The Morgan fingerprint density at radius 2 is 2.19 bits per heavy atom. The van der Waals surface area contributed by atoms with Gasteiger partial charge < -0.3 is 10.2 Å². The summed E-state index contributed by atoms with van der Waals surface area (Å²) < 4.78 is 0. The lowest BCUT2D eigenvalue weighted by Crippen LogP contribution is -2.50. The van der Waals surface area contributed by atoms with Gasteiger partial charge >= 0.3 is 0 Å². The third kappa shape index (κ3) is 2.32. The SMILES string of the molecule is CC(C)c1ccc(N2CCNCC2C)nn1. The maximum atomic E-state index is 4.32. The van der Waals surface area contributed by atoms with Crippen molar-refractivity contribution in [3.63, 3.8) is 0 Å². The van der Waals surface area contributed by atoms with Crippen molar-refractivity contribution in [2.75, 3.05) is 24.5 Å². The molecule has 0 bridgehead atoms. The lowest BCUT2D eigenvalue weighted by Gasteiger charge is -2.34. The van der Waals surface area contributed by atoms with E-state index >= 15 is 0 Å². The molecular weight excluding hydrogens is 200 g/mol. The van der Waals surface area contributed by atoms with E-state index in [0.29, 0.717) is 12.0 Å². The van der Waals surface area contributed by atoms with Gasteiger partial charge in [-0.25, -0.2) is 0 Å². The second-order valence-electron chi connectivity index (χ2n) is 4.72. The van der Waals surface area contributed by atoms with Gasteiger partial charge in [0.05, 0.1) is 5.69 Å². The van der Waals surface area contributed by atoms with Gasteiger partial charge in [-0.3, -0.25) is 0 Å². The highest BCUT2D eigenvalue weighted by molar-refractivity contribution is 5.39. The molecule has 1 N–H and O–H groups in total. The minimum absolute atomic E-state index is 0.446. The molecule has 0 aromatic carbocycles. The number of hydrogen-bond acceptors (Lipinski definition) is 4. The first-order valence-electron chi connectivity index (χ1n) is 5.99. The second-order valence-corrected chi connectivity index (χ2v) is 4.72. The van der Waals surface area contributed by atoms with Crippen molar-refractivity contribution in [1.82, 2.24) is 15.5 Å². The van der Waals surface area contributed by atoms with Crippen LogP contribution in [-0.2, 0) is 0 Å². The molecule has 4 nitrogen and oxygen atoms in total. The van der Waals surface area contributed by atoms with Gasteiger partial charge in [0.1, 0.15) is 0 Å². The van der Waals surface area contributed by atoms with Crippen LogP contribution in [0.25, 0.3) is 0 Å². The van der Waals surface area contributed by atoms with Gasteiger partial charge in [0.2, 0.25) is 0 Å². The molecule has 0 spiro atoms. The van der Waals surface area contributed by atoms with Crippen LogP contribution < -0.4 is 10.2 Å². The van der Waals surface area contributed by atoms with E-state index in [1.807, 2.05) is 0 Å². The van der Waals surface area contributed by atoms with Crippen molar-refractivity contribution in [1.29, 1.82) is 0 Å². The summed E-state index contributed by atoms with van der Waals surface area (Å²) in [6.45, 7) is 9.54. The van der Waals surface area contributed by atoms with Gasteiger partial charge in [0, 0.05) is 25.7 Å². The summed E-state index contributed by atoms with van der Waals surface area (Å²) in [5.41, 5.74) is 1.06. The Hall–Kier alpha value is -1.16. The Kier molecular flexibility index (Phi) is 3.39. The molecule has 4 heteroatoms. The molecule has 0 amide bonds. The number of hydrogen-bond donors (Lipinski definition) is 1. The number of aromatic nitrogens is 2. The molecule has 1 aromatic rings. The quantitative estimate of drug-likeness (QED) is 0.818. The van der Waals surface area contributed by atoms with Crippen molar-refractivity contribution >= 4 is 5.82 Å². The molecule has 2 heterocycles. The standard InChI is InChI=1S/C12H20N4/c1-9(2)11-4-5-12(15-14-11)16-7-6-13-8-10(16)3/h4-5,9-10,13H,6-8H2,1-3H3. The zero-order chi connectivity index (χ0) is 11.5. The van der Waals surface area contributed by atoms with E-state index in [2.05, 4.69) is 53.3 Å². The third-order valence-electron chi connectivity index (χ3n) is 3.06. The minimum atomic E-state index is 0.446. The van der Waals surface area contributed by atoms with Crippen molar-refractivity contribution in [3.05, 3.63) is 17.8 Å². The molecule has 2 rings (SSSR count). The summed E-state index contributed by atoms with van der Waals surface area (Å²) in [7, 11) is 0. The molecule has 0 aliphatic carbocycles. The number of nitrogens with zero attached hydrogens (tertiary/aromatic N) is 3. The highest BCUT2D eigenvalue weighted by atomic mass is 15.3. The molecule has 1 aromatic heterocycles. The van der Waals surface area contributed by atoms with E-state index in [-0.39, 0.29) is 0 Å². The van der Waals surface area contributed by atoms with Crippen LogP contribution in [0.2, 0.25) is 0 Å². The average molecular weight is 220 g/mol. The average Bonchev–Trinajstić information content (AvgIpc) is 2.30. The Morgan fingerprint density at radius 1 is 1.38 bits per heavy atom. The molecule has 0 saturated carbocycles. The van der Waals surface area contributed by atoms with Gasteiger partial charge in [-0.05, 0) is 25.0 Å². The fourth-order valence-electron chi connectivity index (χ4n) is 1.98. The fourth-order valence-corrected chi connectivity index (χ4v) is 1.98. The third-order valence-corrected chi connectivity index (χ3v) is 3.06. The fraction of sp³-hybridized carbons (Fsp3) is 0.667. The van der Waals surface area contributed by atoms with Crippen molar-refractivity contribution in [2.45, 2.75) is 32.7 Å². The summed E-state index contributed by atoms with van der Waals surface area (Å²) in [5, 5.41) is 12.0. The minimum Gasteiger partial charge on any atom is -0.350 e. The van der Waals surface area contributed by atoms with Gasteiger partial charge in [-0.2, -0.15) is 5.10 Å². The first kappa shape index (κ1) is 11.3. The maximum Gasteiger partial charge on any atom is 0.151 e. The van der Waals surface area contributed by atoms with Crippen LogP contribution in [-0.4, -0.2) is 35.9 Å². The number of piperazine rings is 1. The van der Waals surface area contributed by atoms with E-state index < -0.39 is 0 Å². The molecule has 88 valence electrons. The molecule has 1 saturated heterocycles. The Balaban J connectivity index is 2.14. The first-order chi connectivity index (χ1) is 7.68. The monoisotopic (exact) mass is 220 g/mol. The zero-order valence-electron chi connectivity index (χ0n) is 10.3. The molecule has 1 aliphatic heterocycles. The highest BCUT2D eigenvalue weighted by Gasteiger charge is 2.19. The van der Waals surface area contributed by atoms with Crippen LogP contribution in [0, 0.1) is 0 Å². The molecule has 1 unspecified atom stereocenters. The Bertz CT molecular complexity index is 333. The van der Waals surface area contributed by atoms with Crippen molar-refractivity contribution in [2.24, 2.45) is 0 Å². The van der Waals surface area contributed by atoms with Gasteiger partial charge in [0.15, 0.2) is 5.82 Å². The van der Waals surface area contributed by atoms with Crippen LogP contribution in [0.5, 0.6) is 0 Å². The van der Waals surface area contributed by atoms with E-state index in [9.17, 15) is 0 Å². The highest BCUT2D eigenvalue weighted by Crippen LogP contribution is 2.17. The van der Waals surface area contributed by atoms with Crippen LogP contribution in [0.4, 0.5) is 5.82 Å². The van der Waals surface area contributed by atoms with Crippen LogP contribution in [0.3, 0.4) is 0 Å². The Morgan fingerprint density at radius 3 is 2.75 bits per heavy atom. The molecule has 1 atom stereocenters. The smallest absolute Gasteiger partial charge is 0.151 e. The lowest BCUT2D eigenvalue weighted by atomic mass is 10.1. The summed E-state index contributed by atoms with van der Waals surface area (Å²) in [4.78, 5) is 2.31. The van der Waals surface area contributed by atoms with Crippen LogP contribution in [0.1, 0.15) is 32.4 Å². The Labute approximate surface area is 97.1 Å². The van der Waals surface area contributed by atoms with Crippen molar-refractivity contribution < 1.29 is 0 Å². The van der Waals surface area contributed by atoms with E-state index in [1.165, 1.54) is 0 Å². The van der Waals surface area contributed by atoms with E-state index in [1.54, 1.807) is 0 Å². The lowest BCUT2D eigenvalue weighted by molar-refractivity contribution is 0.495. The van der Waals surface area contributed by atoms with Crippen LogP contribution >= 0.6 is 0 Å². The molecule has 1 aliphatic rings. The van der Waals surface area contributed by atoms with Gasteiger partial charge in [-0.15, -0.1) is 5.10 Å². The van der Waals surface area contributed by atoms with Gasteiger partial charge in [0.25, 0.3) is 0 Å². The van der Waals surface area contributed by atoms with Gasteiger partial charge in [-0.1, -0.05) is 13.8 Å². The molecular formula is C12H20N4. The summed E-state index contributed by atoms with van der Waals surface area (Å²) in [6, 6.07) is 4.67. The summed E-state index contributed by atoms with van der Waals surface area (Å²) in [5.74, 6) is 1.44. The summed E-state index contributed by atoms with van der Waals surface area (Å²) in [6.07, 6.45) is 0. The summed E-state index contributed by atoms with van der Waals surface area (Å²) >= 11 is 0. The zero-order valence-corrected chi connectivity index (χ0v) is 10.3. The van der Waals surface area contributed by atoms with Crippen molar-refractivity contribution in [3.8, 4) is 0 Å². The predicted molar refractivity (Wildman–Crippen MR) is 65.8 cm³/mol. The van der Waals surface area contributed by atoms with Crippen LogP contribution in [0.15, 0.2) is 12.1 Å². The first-order valence-corrected chi connectivity index (χ1v) is 5.99. The second kappa shape index (κ2) is 4.78. The number of rotatable bonds is 2. The molecule has 0 radical (unpaired) electrons.